The largest absolute Gasteiger partial charge is 0.489 e. The van der Waals surface area contributed by atoms with Gasteiger partial charge in [-0.3, -0.25) is 0 Å². The SMILES string of the molecule is COCc1cc([C@H]2Oc3cc(OCc4ccccc4)cc(OCc4ccccc4)c3C[C@H]2O)ccc1OCc1ccccc1. The highest BCUT2D eigenvalue weighted by Gasteiger charge is 2.33. The third kappa shape index (κ3) is 7.22. The summed E-state index contributed by atoms with van der Waals surface area (Å²) in [6.45, 7) is 1.62. The van der Waals surface area contributed by atoms with Crippen LogP contribution in [0.5, 0.6) is 23.0 Å². The normalized spacial score (nSPS) is 15.6. The Bertz CT molecular complexity index is 1640. The second-order valence-electron chi connectivity index (χ2n) is 10.8. The molecule has 0 amide bonds. The highest BCUT2D eigenvalue weighted by atomic mass is 16.5. The lowest BCUT2D eigenvalue weighted by Gasteiger charge is -2.32. The van der Waals surface area contributed by atoms with Crippen LogP contribution in [0.2, 0.25) is 0 Å². The van der Waals surface area contributed by atoms with Crippen molar-refractivity contribution in [1.29, 1.82) is 0 Å². The Morgan fingerprint density at radius 1 is 0.636 bits per heavy atom. The summed E-state index contributed by atoms with van der Waals surface area (Å²) in [6, 6.07) is 39.7. The Balaban J connectivity index is 1.26. The smallest absolute Gasteiger partial charge is 0.150 e. The molecule has 0 aliphatic carbocycles. The minimum atomic E-state index is -0.788. The molecule has 6 rings (SSSR count). The van der Waals surface area contributed by atoms with Gasteiger partial charge in [-0.15, -0.1) is 0 Å². The molecule has 1 aliphatic rings. The van der Waals surface area contributed by atoms with Crippen molar-refractivity contribution in [2.75, 3.05) is 7.11 Å². The van der Waals surface area contributed by atoms with Crippen molar-refractivity contribution in [2.45, 2.75) is 45.1 Å². The summed E-state index contributed by atoms with van der Waals surface area (Å²) < 4.78 is 30.6. The Morgan fingerprint density at radius 3 is 1.80 bits per heavy atom. The van der Waals surface area contributed by atoms with Crippen LogP contribution in [-0.4, -0.2) is 18.3 Å². The molecule has 5 aromatic carbocycles. The standard InChI is InChI=1S/C38H36O6/c1-40-26-31-19-30(17-18-35(31)42-24-28-13-7-3-8-14-28)38-34(39)22-33-36(43-25-29-15-9-4-10-16-29)20-32(21-37(33)44-38)41-23-27-11-5-2-6-12-27/h2-21,34,38-39H,22-26H2,1H3/t34-,38-/m1/s1. The van der Waals surface area contributed by atoms with E-state index >= 15 is 0 Å². The van der Waals surface area contributed by atoms with Crippen LogP contribution in [0.3, 0.4) is 0 Å². The van der Waals surface area contributed by atoms with Gasteiger partial charge in [0.15, 0.2) is 0 Å². The van der Waals surface area contributed by atoms with Gasteiger partial charge >= 0.3 is 0 Å². The number of benzene rings is 5. The van der Waals surface area contributed by atoms with E-state index in [0.29, 0.717) is 50.1 Å². The van der Waals surface area contributed by atoms with Crippen LogP contribution in [0.25, 0.3) is 0 Å². The molecule has 6 nitrogen and oxygen atoms in total. The summed E-state index contributed by atoms with van der Waals surface area (Å²) in [5, 5.41) is 11.4. The summed E-state index contributed by atoms with van der Waals surface area (Å²) in [5.74, 6) is 2.64. The Morgan fingerprint density at radius 2 is 1.20 bits per heavy atom. The molecular formula is C38H36O6. The molecule has 6 heteroatoms. The van der Waals surface area contributed by atoms with Gasteiger partial charge in [0.2, 0.25) is 0 Å². The first-order valence-electron chi connectivity index (χ1n) is 14.8. The second kappa shape index (κ2) is 14.1. The van der Waals surface area contributed by atoms with Gasteiger partial charge in [-0.25, -0.2) is 0 Å². The minimum absolute atomic E-state index is 0.367. The van der Waals surface area contributed by atoms with Crippen molar-refractivity contribution >= 4 is 0 Å². The zero-order valence-corrected chi connectivity index (χ0v) is 24.7. The Hall–Kier alpha value is -4.78. The number of hydrogen-bond acceptors (Lipinski definition) is 6. The van der Waals surface area contributed by atoms with Crippen molar-refractivity contribution in [3.63, 3.8) is 0 Å². The highest BCUT2D eigenvalue weighted by molar-refractivity contribution is 5.53. The lowest BCUT2D eigenvalue weighted by molar-refractivity contribution is 0.0192. The van der Waals surface area contributed by atoms with Gasteiger partial charge < -0.3 is 28.8 Å². The molecule has 1 heterocycles. The lowest BCUT2D eigenvalue weighted by Crippen LogP contribution is -2.30. The van der Waals surface area contributed by atoms with Crippen LogP contribution in [0.1, 0.15) is 39.5 Å². The fraction of sp³-hybridized carbons (Fsp3) is 0.211. The first-order valence-corrected chi connectivity index (χ1v) is 14.8. The molecule has 0 saturated carbocycles. The number of methoxy groups -OCH3 is 1. The number of ether oxygens (including phenoxy) is 5. The van der Waals surface area contributed by atoms with Crippen LogP contribution >= 0.6 is 0 Å². The van der Waals surface area contributed by atoms with Gasteiger partial charge in [-0.2, -0.15) is 0 Å². The molecule has 1 aliphatic heterocycles. The molecule has 0 radical (unpaired) electrons. The molecule has 0 unspecified atom stereocenters. The van der Waals surface area contributed by atoms with Gasteiger partial charge in [0, 0.05) is 36.8 Å². The van der Waals surface area contributed by atoms with Gasteiger partial charge in [0.25, 0.3) is 0 Å². The average molecular weight is 589 g/mol. The topological polar surface area (TPSA) is 66.4 Å². The molecule has 0 bridgehead atoms. The van der Waals surface area contributed by atoms with E-state index in [1.807, 2.05) is 121 Å². The third-order valence-electron chi connectivity index (χ3n) is 7.59. The van der Waals surface area contributed by atoms with Gasteiger partial charge in [0.05, 0.1) is 12.7 Å². The molecule has 0 fully saturated rings. The zero-order chi connectivity index (χ0) is 30.1. The molecule has 0 saturated heterocycles. The molecule has 44 heavy (non-hydrogen) atoms. The molecule has 0 aromatic heterocycles. The van der Waals surface area contributed by atoms with E-state index in [4.69, 9.17) is 23.7 Å². The number of hydrogen-bond donors (Lipinski definition) is 1. The predicted molar refractivity (Wildman–Crippen MR) is 169 cm³/mol. The van der Waals surface area contributed by atoms with E-state index in [0.717, 1.165) is 39.1 Å². The summed E-state index contributed by atoms with van der Waals surface area (Å²) >= 11 is 0. The molecule has 2 atom stereocenters. The van der Waals surface area contributed by atoms with E-state index < -0.39 is 12.2 Å². The average Bonchev–Trinajstić information content (AvgIpc) is 3.07. The predicted octanol–water partition coefficient (Wildman–Crippen LogP) is 7.61. The van der Waals surface area contributed by atoms with Crippen molar-refractivity contribution < 1.29 is 28.8 Å². The Labute approximate surface area is 258 Å². The molecule has 1 N–H and O–H groups in total. The molecule has 224 valence electrons. The third-order valence-corrected chi connectivity index (χ3v) is 7.59. The fourth-order valence-electron chi connectivity index (χ4n) is 5.33. The second-order valence-corrected chi connectivity index (χ2v) is 10.8. The first kappa shape index (κ1) is 29.3. The zero-order valence-electron chi connectivity index (χ0n) is 24.7. The summed E-state index contributed by atoms with van der Waals surface area (Å²) in [5.41, 5.74) is 5.73. The minimum Gasteiger partial charge on any atom is -0.489 e. The van der Waals surface area contributed by atoms with Crippen molar-refractivity contribution in [1.82, 2.24) is 0 Å². The van der Waals surface area contributed by atoms with E-state index in [2.05, 4.69) is 0 Å². The lowest BCUT2D eigenvalue weighted by atomic mass is 9.93. The van der Waals surface area contributed by atoms with Crippen LogP contribution in [0.4, 0.5) is 0 Å². The van der Waals surface area contributed by atoms with E-state index in [9.17, 15) is 5.11 Å². The number of aliphatic hydroxyl groups is 1. The Kier molecular flexibility index (Phi) is 9.41. The monoisotopic (exact) mass is 588 g/mol. The maximum atomic E-state index is 11.4. The van der Waals surface area contributed by atoms with E-state index in [-0.39, 0.29) is 0 Å². The number of rotatable bonds is 12. The van der Waals surface area contributed by atoms with Crippen molar-refractivity contribution in [2.24, 2.45) is 0 Å². The van der Waals surface area contributed by atoms with Crippen molar-refractivity contribution in [3.8, 4) is 23.0 Å². The maximum absolute atomic E-state index is 11.4. The van der Waals surface area contributed by atoms with Crippen LogP contribution in [0, 0.1) is 0 Å². The van der Waals surface area contributed by atoms with Gasteiger partial charge in [0.1, 0.15) is 48.9 Å². The van der Waals surface area contributed by atoms with Crippen molar-refractivity contribution in [3.05, 3.63) is 155 Å². The molecule has 0 spiro atoms. The number of fused-ring (bicyclic) bond motifs is 1. The van der Waals surface area contributed by atoms with Crippen LogP contribution in [0.15, 0.2) is 121 Å². The van der Waals surface area contributed by atoms with E-state index in [1.54, 1.807) is 7.11 Å². The highest BCUT2D eigenvalue weighted by Crippen LogP contribution is 2.43. The summed E-state index contributed by atoms with van der Waals surface area (Å²) in [4.78, 5) is 0. The van der Waals surface area contributed by atoms with E-state index in [1.165, 1.54) is 0 Å². The first-order chi connectivity index (χ1) is 21.7. The summed E-state index contributed by atoms with van der Waals surface area (Å²) in [7, 11) is 1.66. The summed E-state index contributed by atoms with van der Waals surface area (Å²) in [6.07, 6.45) is -1.01. The number of aliphatic hydroxyl groups excluding tert-OH is 1. The maximum Gasteiger partial charge on any atom is 0.150 e. The fourth-order valence-corrected chi connectivity index (χ4v) is 5.33. The van der Waals surface area contributed by atoms with Crippen LogP contribution in [-0.2, 0) is 37.6 Å². The van der Waals surface area contributed by atoms with Gasteiger partial charge in [-0.05, 0) is 34.4 Å². The molecular weight excluding hydrogens is 552 g/mol. The molecule has 5 aromatic rings. The van der Waals surface area contributed by atoms with Gasteiger partial charge in [-0.1, -0.05) is 97.1 Å². The quantitative estimate of drug-likeness (QED) is 0.162. The van der Waals surface area contributed by atoms with Crippen LogP contribution < -0.4 is 18.9 Å².